The zero-order chi connectivity index (χ0) is 15.6. The van der Waals surface area contributed by atoms with Crippen LogP contribution in [-0.4, -0.2) is 26.2 Å². The van der Waals surface area contributed by atoms with Gasteiger partial charge in [0.1, 0.15) is 0 Å². The maximum atomic E-state index is 12.0. The van der Waals surface area contributed by atoms with Gasteiger partial charge in [0.15, 0.2) is 0 Å². The van der Waals surface area contributed by atoms with E-state index in [1.54, 1.807) is 0 Å². The Morgan fingerprint density at radius 2 is 2.00 bits per heavy atom. The number of nitrogen functional groups attached to an aromatic ring is 1. The van der Waals surface area contributed by atoms with Gasteiger partial charge in [0.2, 0.25) is 10.0 Å². The lowest BCUT2D eigenvalue weighted by atomic mass is 9.89. The largest absolute Gasteiger partial charge is 0.397 e. The highest BCUT2D eigenvalue weighted by Gasteiger charge is 2.20. The highest BCUT2D eigenvalue weighted by Crippen LogP contribution is 2.23. The first-order valence-corrected chi connectivity index (χ1v) is 8.10. The summed E-state index contributed by atoms with van der Waals surface area (Å²) in [5.41, 5.74) is 5.71. The van der Waals surface area contributed by atoms with Crippen LogP contribution >= 0.6 is 11.6 Å². The predicted molar refractivity (Wildman–Crippen MR) is 81.1 cm³/mol. The van der Waals surface area contributed by atoms with Gasteiger partial charge in [-0.1, -0.05) is 32.4 Å². The Balaban J connectivity index is 2.73. The molecule has 1 unspecified atom stereocenters. The van der Waals surface area contributed by atoms with Crippen LogP contribution in [0.25, 0.3) is 0 Å². The minimum Gasteiger partial charge on any atom is -0.397 e. The van der Waals surface area contributed by atoms with Crippen LogP contribution < -0.4 is 10.5 Å². The second-order valence-corrected chi connectivity index (χ2v) is 8.13. The zero-order valence-corrected chi connectivity index (χ0v) is 13.4. The van der Waals surface area contributed by atoms with Crippen molar-refractivity contribution in [3.63, 3.8) is 0 Å². The van der Waals surface area contributed by atoms with Gasteiger partial charge in [-0.2, -0.15) is 0 Å². The second-order valence-electron chi connectivity index (χ2n) is 5.95. The van der Waals surface area contributed by atoms with E-state index in [-0.39, 0.29) is 22.5 Å². The van der Waals surface area contributed by atoms with Gasteiger partial charge in [-0.05, 0) is 30.0 Å². The second kappa shape index (κ2) is 6.30. The highest BCUT2D eigenvalue weighted by atomic mass is 35.5. The predicted octanol–water partition coefficient (Wildman–Crippen LogP) is 2.00. The maximum absolute atomic E-state index is 12.0. The molecule has 5 nitrogen and oxygen atoms in total. The van der Waals surface area contributed by atoms with Gasteiger partial charge in [-0.15, -0.1) is 0 Å². The van der Waals surface area contributed by atoms with Gasteiger partial charge in [0, 0.05) is 6.54 Å². The van der Waals surface area contributed by atoms with Crippen molar-refractivity contribution < 1.29 is 13.5 Å². The summed E-state index contributed by atoms with van der Waals surface area (Å²) in [6.07, 6.45) is -0.243. The Kier molecular flexibility index (Phi) is 5.43. The molecule has 1 atom stereocenters. The van der Waals surface area contributed by atoms with Gasteiger partial charge >= 0.3 is 0 Å². The van der Waals surface area contributed by atoms with E-state index in [0.717, 1.165) is 0 Å². The Morgan fingerprint density at radius 1 is 1.40 bits per heavy atom. The average molecular weight is 321 g/mol. The molecule has 0 aliphatic heterocycles. The first-order valence-electron chi connectivity index (χ1n) is 6.24. The Bertz CT molecular complexity index is 567. The summed E-state index contributed by atoms with van der Waals surface area (Å²) >= 11 is 5.75. The number of benzene rings is 1. The molecule has 0 saturated heterocycles. The van der Waals surface area contributed by atoms with E-state index in [9.17, 15) is 13.5 Å². The van der Waals surface area contributed by atoms with Crippen molar-refractivity contribution in [2.75, 3.05) is 12.3 Å². The molecule has 20 heavy (non-hydrogen) atoms. The third-order valence-corrected chi connectivity index (χ3v) is 4.40. The van der Waals surface area contributed by atoms with Gasteiger partial charge in [0.25, 0.3) is 0 Å². The maximum Gasteiger partial charge on any atom is 0.240 e. The number of nitrogens with one attached hydrogen (secondary N) is 1. The van der Waals surface area contributed by atoms with Gasteiger partial charge in [-0.25, -0.2) is 13.1 Å². The minimum absolute atomic E-state index is 0.0300. The lowest BCUT2D eigenvalue weighted by Crippen LogP contribution is -2.34. The van der Waals surface area contributed by atoms with E-state index >= 15 is 0 Å². The van der Waals surface area contributed by atoms with Crippen molar-refractivity contribution in [3.8, 4) is 0 Å². The van der Waals surface area contributed by atoms with Crippen LogP contribution in [0.4, 0.5) is 5.69 Å². The summed E-state index contributed by atoms with van der Waals surface area (Å²) in [5.74, 6) is 0. The summed E-state index contributed by atoms with van der Waals surface area (Å²) in [6.45, 7) is 5.89. The summed E-state index contributed by atoms with van der Waals surface area (Å²) in [6, 6.07) is 4.09. The van der Waals surface area contributed by atoms with Gasteiger partial charge < -0.3 is 10.8 Å². The van der Waals surface area contributed by atoms with Crippen molar-refractivity contribution in [3.05, 3.63) is 23.2 Å². The Hall–Kier alpha value is -0.820. The van der Waals surface area contributed by atoms with Crippen molar-refractivity contribution in [1.82, 2.24) is 4.72 Å². The lowest BCUT2D eigenvalue weighted by molar-refractivity contribution is 0.125. The normalized spacial score (nSPS) is 14.2. The molecule has 0 fully saturated rings. The van der Waals surface area contributed by atoms with Crippen molar-refractivity contribution in [2.24, 2.45) is 5.41 Å². The van der Waals surface area contributed by atoms with Crippen LogP contribution in [0.15, 0.2) is 23.1 Å². The molecule has 0 aliphatic carbocycles. The van der Waals surface area contributed by atoms with Crippen molar-refractivity contribution in [2.45, 2.75) is 38.2 Å². The quantitative estimate of drug-likeness (QED) is 0.723. The summed E-state index contributed by atoms with van der Waals surface area (Å²) in [7, 11) is -3.70. The number of halogens is 1. The molecule has 114 valence electrons. The number of anilines is 1. The summed E-state index contributed by atoms with van der Waals surface area (Å²) in [5, 5.41) is 10.1. The molecule has 1 rings (SSSR count). The fourth-order valence-electron chi connectivity index (χ4n) is 1.76. The fourth-order valence-corrected chi connectivity index (χ4v) is 2.98. The highest BCUT2D eigenvalue weighted by molar-refractivity contribution is 7.89. The molecule has 1 aromatic rings. The van der Waals surface area contributed by atoms with E-state index in [0.29, 0.717) is 11.4 Å². The van der Waals surface area contributed by atoms with Crippen molar-refractivity contribution >= 4 is 27.3 Å². The number of aliphatic hydroxyl groups is 1. The number of sulfonamides is 1. The molecule has 0 aromatic heterocycles. The number of aliphatic hydroxyl groups excluding tert-OH is 1. The van der Waals surface area contributed by atoms with Crippen LogP contribution in [0.5, 0.6) is 0 Å². The van der Waals surface area contributed by atoms with Crippen LogP contribution in [0.1, 0.15) is 27.2 Å². The summed E-state index contributed by atoms with van der Waals surface area (Å²) < 4.78 is 26.5. The molecule has 7 heteroatoms. The van der Waals surface area contributed by atoms with E-state index in [1.807, 2.05) is 20.8 Å². The van der Waals surface area contributed by atoms with Crippen LogP contribution in [0.3, 0.4) is 0 Å². The monoisotopic (exact) mass is 320 g/mol. The molecular weight excluding hydrogens is 300 g/mol. The van der Waals surface area contributed by atoms with E-state index < -0.39 is 16.1 Å². The average Bonchev–Trinajstić information content (AvgIpc) is 2.28. The number of hydrogen-bond donors (Lipinski definition) is 3. The Morgan fingerprint density at radius 3 is 2.50 bits per heavy atom. The van der Waals surface area contributed by atoms with Crippen LogP contribution in [0.2, 0.25) is 5.02 Å². The summed E-state index contributed by atoms with van der Waals surface area (Å²) in [4.78, 5) is 0.0300. The van der Waals surface area contributed by atoms with E-state index in [4.69, 9.17) is 17.3 Å². The van der Waals surface area contributed by atoms with Crippen molar-refractivity contribution in [1.29, 1.82) is 0 Å². The molecule has 1 aromatic carbocycles. The lowest BCUT2D eigenvalue weighted by Gasteiger charge is -2.22. The molecule has 0 spiro atoms. The van der Waals surface area contributed by atoms with E-state index in [2.05, 4.69) is 4.72 Å². The zero-order valence-electron chi connectivity index (χ0n) is 11.9. The first kappa shape index (κ1) is 17.2. The molecular formula is C13H21ClN2O3S. The third kappa shape index (κ3) is 5.28. The molecule has 4 N–H and O–H groups in total. The van der Waals surface area contributed by atoms with E-state index in [1.165, 1.54) is 18.2 Å². The molecule has 0 heterocycles. The molecule has 0 radical (unpaired) electrons. The first-order chi connectivity index (χ1) is 9.01. The number of nitrogens with two attached hydrogens (primary N) is 1. The molecule has 0 bridgehead atoms. The molecule has 0 saturated carbocycles. The minimum atomic E-state index is -3.70. The number of rotatable bonds is 5. The molecule has 0 aliphatic rings. The van der Waals surface area contributed by atoms with Gasteiger partial charge in [-0.3, -0.25) is 0 Å². The van der Waals surface area contributed by atoms with Crippen LogP contribution in [0, 0.1) is 5.41 Å². The van der Waals surface area contributed by atoms with Crippen LogP contribution in [-0.2, 0) is 10.0 Å². The Labute approximate surface area is 125 Å². The third-order valence-electron chi connectivity index (χ3n) is 2.63. The number of hydrogen-bond acceptors (Lipinski definition) is 4. The standard InChI is InChI=1S/C13H21ClN2O3S/c1-13(2,3)7-9(17)8-16-20(18,19)10-4-5-11(14)12(15)6-10/h4-6,9,16-17H,7-8,15H2,1-3H3. The van der Waals surface area contributed by atoms with Gasteiger partial charge in [0.05, 0.1) is 21.7 Å². The molecule has 0 amide bonds. The topological polar surface area (TPSA) is 92.4 Å². The smallest absolute Gasteiger partial charge is 0.240 e. The fraction of sp³-hybridized carbons (Fsp3) is 0.538. The SMILES string of the molecule is CC(C)(C)CC(O)CNS(=O)(=O)c1ccc(Cl)c(N)c1.